The molecule has 3 atom stereocenters. The van der Waals surface area contributed by atoms with Crippen LogP contribution in [0.4, 0.5) is 23.8 Å². The molecule has 1 fully saturated rings. The molecule has 2 aromatic heterocycles. The molecule has 4 heterocycles. The van der Waals surface area contributed by atoms with E-state index < -0.39 is 48.0 Å². The van der Waals surface area contributed by atoms with Crippen molar-refractivity contribution in [1.82, 2.24) is 24.7 Å². The Morgan fingerprint density at radius 3 is 2.53 bits per heavy atom. The van der Waals surface area contributed by atoms with Gasteiger partial charge in [0, 0.05) is 25.2 Å². The third-order valence-electron chi connectivity index (χ3n) is 6.31. The predicted octanol–water partition coefficient (Wildman–Crippen LogP) is 2.40. The minimum absolute atomic E-state index is 0.129. The van der Waals surface area contributed by atoms with Crippen LogP contribution in [-0.2, 0) is 20.6 Å². The number of aromatic nitrogens is 2. The molecule has 11 nitrogen and oxygen atoms in total. The van der Waals surface area contributed by atoms with Crippen LogP contribution in [0.1, 0.15) is 26.0 Å². The van der Waals surface area contributed by atoms with Crippen molar-refractivity contribution in [2.45, 2.75) is 44.7 Å². The summed E-state index contributed by atoms with van der Waals surface area (Å²) in [5.74, 6) is -1.34. The molecule has 0 saturated carbocycles. The summed E-state index contributed by atoms with van der Waals surface area (Å²) in [7, 11) is 1.47. The number of amides is 4. The number of Topliss-reactive ketones (excluding diaryl/α,β-unsaturated/α-hetero) is 1. The van der Waals surface area contributed by atoms with Crippen LogP contribution in [0.15, 0.2) is 41.5 Å². The molecule has 38 heavy (non-hydrogen) atoms. The molecular weight excluding hydrogens is 507 g/mol. The fraction of sp³-hybridized carbons (Fsp3) is 0.375. The van der Waals surface area contributed by atoms with E-state index in [0.29, 0.717) is 11.3 Å². The van der Waals surface area contributed by atoms with Crippen molar-refractivity contribution in [1.29, 1.82) is 0 Å². The van der Waals surface area contributed by atoms with Gasteiger partial charge in [-0.1, -0.05) is 13.0 Å². The number of nitrogens with one attached hydrogen (secondary N) is 1. The van der Waals surface area contributed by atoms with Gasteiger partial charge in [0.05, 0.1) is 18.6 Å². The van der Waals surface area contributed by atoms with E-state index in [-0.39, 0.29) is 24.6 Å². The fourth-order valence-corrected chi connectivity index (χ4v) is 4.10. The largest absolute Gasteiger partial charge is 0.433 e. The Balaban J connectivity index is 1.49. The summed E-state index contributed by atoms with van der Waals surface area (Å²) in [6.07, 6.45) is -2.90. The number of urea groups is 1. The number of imide groups is 1. The van der Waals surface area contributed by atoms with Crippen LogP contribution in [0, 0.1) is 0 Å². The first-order valence-electron chi connectivity index (χ1n) is 11.6. The average molecular weight is 531 g/mol. The third kappa shape index (κ3) is 5.06. The highest BCUT2D eigenvalue weighted by molar-refractivity contribution is 6.05. The van der Waals surface area contributed by atoms with Crippen molar-refractivity contribution in [3.05, 3.63) is 42.2 Å². The van der Waals surface area contributed by atoms with Gasteiger partial charge < -0.3 is 15.1 Å². The van der Waals surface area contributed by atoms with E-state index in [2.05, 4.69) is 20.3 Å². The van der Waals surface area contributed by atoms with Crippen LogP contribution in [0.5, 0.6) is 0 Å². The second-order valence-electron chi connectivity index (χ2n) is 8.78. The maximum atomic E-state index is 13.2. The number of ketones is 1. The number of carbonyl (C=O) groups excluding carboxylic acids is 4. The van der Waals surface area contributed by atoms with Crippen LogP contribution >= 0.6 is 0 Å². The van der Waals surface area contributed by atoms with Gasteiger partial charge in [-0.15, -0.1) is 0 Å². The highest BCUT2D eigenvalue weighted by Crippen LogP contribution is 2.29. The zero-order valence-corrected chi connectivity index (χ0v) is 20.6. The highest BCUT2D eigenvalue weighted by Gasteiger charge is 2.51. The number of aliphatic imine (C=N–C) groups is 1. The Kier molecular flexibility index (Phi) is 7.16. The van der Waals surface area contributed by atoms with E-state index in [1.807, 2.05) is 0 Å². The first-order valence-corrected chi connectivity index (χ1v) is 11.6. The van der Waals surface area contributed by atoms with Gasteiger partial charge in [0.15, 0.2) is 18.0 Å². The minimum Gasteiger partial charge on any atom is -0.335 e. The molecule has 2 aromatic rings. The van der Waals surface area contributed by atoms with Crippen molar-refractivity contribution < 1.29 is 32.3 Å². The minimum atomic E-state index is -4.57. The number of likely N-dealkylation sites (N-methyl/N-ethyl adjacent to an activating group) is 1. The van der Waals surface area contributed by atoms with E-state index in [4.69, 9.17) is 0 Å². The molecule has 1 saturated heterocycles. The summed E-state index contributed by atoms with van der Waals surface area (Å²) in [5, 5.41) is 2.63. The van der Waals surface area contributed by atoms with E-state index in [0.717, 1.165) is 17.2 Å². The van der Waals surface area contributed by atoms with Gasteiger partial charge >= 0.3 is 12.2 Å². The Morgan fingerprint density at radius 1 is 1.16 bits per heavy atom. The average Bonchev–Trinajstić information content (AvgIpc) is 3.34. The topological polar surface area (TPSA) is 128 Å². The summed E-state index contributed by atoms with van der Waals surface area (Å²) in [5.41, 5.74) is -0.426. The van der Waals surface area contributed by atoms with Gasteiger partial charge in [0.25, 0.3) is 5.91 Å². The molecule has 2 aliphatic heterocycles. The second-order valence-corrected chi connectivity index (χ2v) is 8.78. The van der Waals surface area contributed by atoms with Crippen LogP contribution in [0.3, 0.4) is 0 Å². The first-order chi connectivity index (χ1) is 17.9. The zero-order valence-electron chi connectivity index (χ0n) is 20.6. The monoisotopic (exact) mass is 531 g/mol. The smallest absolute Gasteiger partial charge is 0.335 e. The predicted molar refractivity (Wildman–Crippen MR) is 129 cm³/mol. The van der Waals surface area contributed by atoms with E-state index in [1.165, 1.54) is 35.3 Å². The van der Waals surface area contributed by atoms with Crippen LogP contribution in [-0.4, -0.2) is 86.5 Å². The molecule has 4 amide bonds. The standard InChI is InChI=1S/C24H24F3N7O4/c1-4-15(35)11-33-22(37)19-20(32(3)23(33)38)29-12-34(19)13(2)21(36)31-18-7-5-6-16(30-18)14-8-9-17(28-10-14)24(25,26)27/h5-10,12-13,19-20H,4,11H2,1-3H3,(H,30,31,36)/t13-,19?,20?/m0/s1. The lowest BCUT2D eigenvalue weighted by Crippen LogP contribution is -2.66. The molecule has 2 unspecified atom stereocenters. The number of hydrogen-bond acceptors (Lipinski definition) is 8. The van der Waals surface area contributed by atoms with Gasteiger partial charge in [-0.2, -0.15) is 13.2 Å². The van der Waals surface area contributed by atoms with E-state index >= 15 is 0 Å². The Bertz CT molecular complexity index is 1300. The van der Waals surface area contributed by atoms with Gasteiger partial charge in [-0.05, 0) is 31.2 Å². The van der Waals surface area contributed by atoms with Crippen molar-refractivity contribution >= 4 is 35.8 Å². The molecule has 0 bridgehead atoms. The summed E-state index contributed by atoms with van der Waals surface area (Å²) in [6.45, 7) is 2.80. The van der Waals surface area contributed by atoms with Crippen molar-refractivity contribution in [3.63, 3.8) is 0 Å². The normalized spacial score (nSPS) is 20.0. The SMILES string of the molecule is CCC(=O)CN1C(=O)C2C(N=CN2[C@@H](C)C(=O)Nc2cccc(-c3ccc(C(F)(F)F)nc3)n2)N(C)C1=O. The molecule has 0 aliphatic carbocycles. The lowest BCUT2D eigenvalue weighted by molar-refractivity contribution is -0.142. The quantitative estimate of drug-likeness (QED) is 0.581. The molecule has 0 radical (unpaired) electrons. The third-order valence-corrected chi connectivity index (χ3v) is 6.31. The summed E-state index contributed by atoms with van der Waals surface area (Å²) in [6, 6.07) is 4.13. The van der Waals surface area contributed by atoms with Gasteiger partial charge in [-0.3, -0.25) is 24.3 Å². The fourth-order valence-electron chi connectivity index (χ4n) is 4.10. The molecular formula is C24H24F3N7O4. The van der Waals surface area contributed by atoms with Gasteiger partial charge in [0.1, 0.15) is 17.6 Å². The number of nitrogens with zero attached hydrogens (tertiary/aromatic N) is 6. The maximum Gasteiger partial charge on any atom is 0.433 e. The summed E-state index contributed by atoms with van der Waals surface area (Å²) >= 11 is 0. The van der Waals surface area contributed by atoms with Gasteiger partial charge in [0.2, 0.25) is 5.91 Å². The van der Waals surface area contributed by atoms with Gasteiger partial charge in [-0.25, -0.2) is 14.8 Å². The molecule has 1 N–H and O–H groups in total. The number of alkyl halides is 3. The lowest BCUT2D eigenvalue weighted by Gasteiger charge is -2.42. The lowest BCUT2D eigenvalue weighted by atomic mass is 10.1. The van der Waals surface area contributed by atoms with Crippen LogP contribution < -0.4 is 5.32 Å². The number of pyridine rings is 2. The van der Waals surface area contributed by atoms with Crippen LogP contribution in [0.2, 0.25) is 0 Å². The highest BCUT2D eigenvalue weighted by atomic mass is 19.4. The van der Waals surface area contributed by atoms with E-state index in [9.17, 15) is 32.3 Å². The molecule has 200 valence electrons. The first kappa shape index (κ1) is 26.7. The Morgan fingerprint density at radius 2 is 1.89 bits per heavy atom. The van der Waals surface area contributed by atoms with Crippen molar-refractivity contribution in [2.75, 3.05) is 18.9 Å². The maximum absolute atomic E-state index is 13.2. The summed E-state index contributed by atoms with van der Waals surface area (Å²) in [4.78, 5) is 66.3. The molecule has 0 spiro atoms. The molecule has 2 aliphatic rings. The Labute approximate surface area is 215 Å². The molecule has 0 aromatic carbocycles. The number of hydrogen-bond donors (Lipinski definition) is 1. The molecule has 14 heteroatoms. The Hall–Kier alpha value is -4.36. The van der Waals surface area contributed by atoms with Crippen molar-refractivity contribution in [3.8, 4) is 11.3 Å². The zero-order chi connectivity index (χ0) is 27.8. The number of fused-ring (bicyclic) bond motifs is 1. The molecule has 4 rings (SSSR count). The number of halogens is 3. The number of rotatable bonds is 7. The second kappa shape index (κ2) is 10.2. The summed E-state index contributed by atoms with van der Waals surface area (Å²) < 4.78 is 38.4. The number of carbonyl (C=O) groups is 4. The number of anilines is 1. The van der Waals surface area contributed by atoms with Crippen LogP contribution in [0.25, 0.3) is 11.3 Å². The van der Waals surface area contributed by atoms with E-state index in [1.54, 1.807) is 26.0 Å². The van der Waals surface area contributed by atoms with Crippen molar-refractivity contribution in [2.24, 2.45) is 4.99 Å².